The number of benzene rings is 9. The van der Waals surface area contributed by atoms with Crippen LogP contribution in [0.2, 0.25) is 0 Å². The van der Waals surface area contributed by atoms with Crippen molar-refractivity contribution >= 4 is 48.6 Å². The molecule has 1 aromatic heterocycles. The summed E-state index contributed by atoms with van der Waals surface area (Å²) in [6.45, 7) is 0. The lowest BCUT2D eigenvalue weighted by molar-refractivity contribution is 0.794. The first kappa shape index (κ1) is 32.3. The fraction of sp³-hybridized carbons (Fsp3) is 0.0182. The van der Waals surface area contributed by atoms with Gasteiger partial charge in [-0.1, -0.05) is 176 Å². The third-order valence-corrected chi connectivity index (χ3v) is 13.5. The van der Waals surface area contributed by atoms with Crippen LogP contribution in [0.4, 0.5) is 17.1 Å². The standard InChI is InChI=1S/C55H35NS/c1-3-16-36(17-4-1)38-20-13-22-40(34-38)56(41-23-14-21-39(35-41)37-18-5-2-6-19-37)50-30-15-29-48-52(50)44-25-7-10-27-46(44)55(48)47-28-11-8-26-45(47)53-49(55)33-32-43-42-24-9-12-31-51(42)57-54(43)53/h1-35H. The summed E-state index contributed by atoms with van der Waals surface area (Å²) >= 11 is 1.93. The highest BCUT2D eigenvalue weighted by Gasteiger charge is 2.53. The molecule has 12 rings (SSSR count). The van der Waals surface area contributed by atoms with Crippen LogP contribution >= 0.6 is 11.3 Å². The van der Waals surface area contributed by atoms with Gasteiger partial charge in [0, 0.05) is 42.7 Å². The summed E-state index contributed by atoms with van der Waals surface area (Å²) < 4.78 is 2.71. The van der Waals surface area contributed by atoms with E-state index in [1.165, 1.54) is 92.6 Å². The molecular formula is C55H35NS. The first-order valence-electron chi connectivity index (χ1n) is 19.7. The number of thiophene rings is 1. The van der Waals surface area contributed by atoms with Crippen molar-refractivity contribution in [1.29, 1.82) is 0 Å². The highest BCUT2D eigenvalue weighted by Crippen LogP contribution is 2.66. The molecule has 0 fully saturated rings. The van der Waals surface area contributed by atoms with Crippen molar-refractivity contribution in [3.05, 3.63) is 235 Å². The van der Waals surface area contributed by atoms with Crippen molar-refractivity contribution in [3.63, 3.8) is 0 Å². The molecule has 1 unspecified atom stereocenters. The van der Waals surface area contributed by atoms with Crippen LogP contribution in [0, 0.1) is 0 Å². The van der Waals surface area contributed by atoms with E-state index in [4.69, 9.17) is 0 Å². The van der Waals surface area contributed by atoms with E-state index < -0.39 is 5.41 Å². The Morgan fingerprint density at radius 2 is 0.860 bits per heavy atom. The third kappa shape index (κ3) is 4.62. The number of hydrogen-bond donors (Lipinski definition) is 0. The molecule has 1 atom stereocenters. The number of nitrogens with zero attached hydrogens (tertiary/aromatic N) is 1. The Hall–Kier alpha value is -7.00. The Labute approximate surface area is 336 Å². The van der Waals surface area contributed by atoms with Crippen molar-refractivity contribution in [2.45, 2.75) is 5.41 Å². The normalized spacial score (nSPS) is 14.7. The van der Waals surface area contributed by atoms with E-state index in [1.54, 1.807) is 0 Å². The summed E-state index contributed by atoms with van der Waals surface area (Å²) in [5, 5.41) is 2.67. The topological polar surface area (TPSA) is 3.24 Å². The lowest BCUT2D eigenvalue weighted by Gasteiger charge is -2.32. The predicted octanol–water partition coefficient (Wildman–Crippen LogP) is 15.2. The van der Waals surface area contributed by atoms with Crippen molar-refractivity contribution in [2.75, 3.05) is 4.90 Å². The molecule has 9 aromatic carbocycles. The van der Waals surface area contributed by atoms with E-state index in [9.17, 15) is 0 Å². The van der Waals surface area contributed by atoms with Crippen LogP contribution < -0.4 is 4.90 Å². The van der Waals surface area contributed by atoms with Crippen molar-refractivity contribution in [3.8, 4) is 44.5 Å². The molecule has 0 radical (unpaired) electrons. The number of fused-ring (bicyclic) bond motifs is 14. The minimum absolute atomic E-state index is 0.471. The number of hydrogen-bond acceptors (Lipinski definition) is 2. The van der Waals surface area contributed by atoms with Gasteiger partial charge >= 0.3 is 0 Å². The van der Waals surface area contributed by atoms with Gasteiger partial charge in [0.05, 0.1) is 11.1 Å². The lowest BCUT2D eigenvalue weighted by atomic mass is 9.70. The van der Waals surface area contributed by atoms with Gasteiger partial charge in [-0.05, 0) is 92.0 Å². The summed E-state index contributed by atoms with van der Waals surface area (Å²) in [6, 6.07) is 78.6. The summed E-state index contributed by atoms with van der Waals surface area (Å²) in [5.74, 6) is 0. The monoisotopic (exact) mass is 741 g/mol. The maximum absolute atomic E-state index is 2.49. The van der Waals surface area contributed by atoms with Gasteiger partial charge in [0.1, 0.15) is 0 Å². The van der Waals surface area contributed by atoms with Crippen LogP contribution in [0.3, 0.4) is 0 Å². The van der Waals surface area contributed by atoms with Crippen LogP contribution in [0.5, 0.6) is 0 Å². The smallest absolute Gasteiger partial charge is 0.0726 e. The molecule has 1 heterocycles. The molecule has 0 saturated carbocycles. The quantitative estimate of drug-likeness (QED) is 0.170. The molecule has 10 aromatic rings. The van der Waals surface area contributed by atoms with E-state index in [0.29, 0.717) is 0 Å². The molecule has 2 heteroatoms. The summed E-state index contributed by atoms with van der Waals surface area (Å²) in [7, 11) is 0. The van der Waals surface area contributed by atoms with Crippen molar-refractivity contribution in [1.82, 2.24) is 0 Å². The summed E-state index contributed by atoms with van der Waals surface area (Å²) in [6.07, 6.45) is 0. The molecule has 0 saturated heterocycles. The number of anilines is 3. The van der Waals surface area contributed by atoms with Gasteiger partial charge in [-0.15, -0.1) is 11.3 Å². The fourth-order valence-corrected chi connectivity index (χ4v) is 11.2. The Morgan fingerprint density at radius 3 is 1.53 bits per heavy atom. The van der Waals surface area contributed by atoms with Gasteiger partial charge in [-0.2, -0.15) is 0 Å². The van der Waals surface area contributed by atoms with Crippen LogP contribution in [0.1, 0.15) is 22.3 Å². The first-order chi connectivity index (χ1) is 28.3. The highest BCUT2D eigenvalue weighted by atomic mass is 32.1. The Morgan fingerprint density at radius 1 is 0.351 bits per heavy atom. The average Bonchev–Trinajstić information content (AvgIpc) is 3.92. The second-order valence-corrected chi connectivity index (χ2v) is 16.2. The molecule has 57 heavy (non-hydrogen) atoms. The second kappa shape index (κ2) is 12.5. The zero-order valence-electron chi connectivity index (χ0n) is 31.1. The summed E-state index contributed by atoms with van der Waals surface area (Å²) in [4.78, 5) is 2.49. The van der Waals surface area contributed by atoms with Crippen LogP contribution in [0.15, 0.2) is 212 Å². The number of rotatable bonds is 5. The Bertz CT molecular complexity index is 3110. The maximum atomic E-state index is 2.49. The van der Waals surface area contributed by atoms with Crippen molar-refractivity contribution < 1.29 is 0 Å². The molecule has 266 valence electrons. The van der Waals surface area contributed by atoms with Crippen molar-refractivity contribution in [2.24, 2.45) is 0 Å². The molecule has 0 bridgehead atoms. The van der Waals surface area contributed by atoms with Crippen LogP contribution in [-0.4, -0.2) is 0 Å². The fourth-order valence-electron chi connectivity index (χ4n) is 9.96. The Kier molecular flexibility index (Phi) is 7.08. The molecule has 0 aliphatic heterocycles. The SMILES string of the molecule is c1ccc(-c2cccc(N(c3cccc(-c4ccccc4)c3)c3cccc4c3-c3ccccc3C43c4ccccc4-c4c3ccc3c4sc4ccccc43)c2)cc1. The van der Waals surface area contributed by atoms with Crippen LogP contribution in [0.25, 0.3) is 64.7 Å². The van der Waals surface area contributed by atoms with Crippen LogP contribution in [-0.2, 0) is 5.41 Å². The van der Waals surface area contributed by atoms with Gasteiger partial charge in [0.15, 0.2) is 0 Å². The molecule has 0 amide bonds. The highest BCUT2D eigenvalue weighted by molar-refractivity contribution is 7.26. The van der Waals surface area contributed by atoms with E-state index in [-0.39, 0.29) is 0 Å². The molecule has 1 nitrogen and oxygen atoms in total. The van der Waals surface area contributed by atoms with Gasteiger partial charge in [0.25, 0.3) is 0 Å². The molecule has 2 aliphatic carbocycles. The first-order valence-corrected chi connectivity index (χ1v) is 20.5. The van der Waals surface area contributed by atoms with E-state index in [2.05, 4.69) is 217 Å². The van der Waals surface area contributed by atoms with Gasteiger partial charge < -0.3 is 4.90 Å². The van der Waals surface area contributed by atoms with Gasteiger partial charge in [-0.3, -0.25) is 0 Å². The largest absolute Gasteiger partial charge is 0.310 e. The van der Waals surface area contributed by atoms with E-state index in [1.807, 2.05) is 11.3 Å². The van der Waals surface area contributed by atoms with E-state index >= 15 is 0 Å². The minimum atomic E-state index is -0.471. The zero-order valence-corrected chi connectivity index (χ0v) is 31.9. The second-order valence-electron chi connectivity index (χ2n) is 15.2. The minimum Gasteiger partial charge on any atom is -0.310 e. The molecule has 2 aliphatic rings. The van der Waals surface area contributed by atoms with E-state index in [0.717, 1.165) is 11.4 Å². The predicted molar refractivity (Wildman–Crippen MR) is 241 cm³/mol. The Balaban J connectivity index is 1.16. The lowest BCUT2D eigenvalue weighted by Crippen LogP contribution is -2.26. The average molecular weight is 742 g/mol. The van der Waals surface area contributed by atoms with Gasteiger partial charge in [-0.25, -0.2) is 0 Å². The molecule has 1 spiro atoms. The molecule has 0 N–H and O–H groups in total. The van der Waals surface area contributed by atoms with Gasteiger partial charge in [0.2, 0.25) is 0 Å². The third-order valence-electron chi connectivity index (χ3n) is 12.3. The summed E-state index contributed by atoms with van der Waals surface area (Å²) in [5.41, 5.74) is 18.4. The maximum Gasteiger partial charge on any atom is 0.0726 e. The molecular weight excluding hydrogens is 707 g/mol. The zero-order chi connectivity index (χ0) is 37.5.